The molecule has 1 aromatic rings. The molecule has 5 heteroatoms. The normalized spacial score (nSPS) is 13.8. The number of hydrogen-bond acceptors (Lipinski definition) is 2. The van der Waals surface area contributed by atoms with Crippen LogP contribution in [0.3, 0.4) is 0 Å². The lowest BCUT2D eigenvalue weighted by Gasteiger charge is -2.25. The Hall–Kier alpha value is -1.91. The van der Waals surface area contributed by atoms with Gasteiger partial charge in [-0.05, 0) is 30.9 Å². The van der Waals surface area contributed by atoms with Crippen LogP contribution in [0.5, 0.6) is 0 Å². The number of benzene rings is 1. The van der Waals surface area contributed by atoms with E-state index in [1.807, 2.05) is 34.6 Å². The van der Waals surface area contributed by atoms with Crippen LogP contribution in [0.4, 0.5) is 4.39 Å². The molecule has 2 atom stereocenters. The van der Waals surface area contributed by atoms with Gasteiger partial charge < -0.3 is 10.6 Å². The van der Waals surface area contributed by atoms with Crippen LogP contribution in [-0.4, -0.2) is 23.9 Å². The molecule has 0 saturated heterocycles. The Balaban J connectivity index is 2.82. The van der Waals surface area contributed by atoms with E-state index < -0.39 is 17.8 Å². The molecule has 0 aliphatic rings. The van der Waals surface area contributed by atoms with Crippen molar-refractivity contribution in [3.63, 3.8) is 0 Å². The number of carbonyl (C=O) groups excluding carboxylic acids is 2. The van der Waals surface area contributed by atoms with Crippen LogP contribution in [-0.2, 0) is 4.79 Å². The smallest absolute Gasteiger partial charge is 0.254 e. The molecule has 122 valence electrons. The first-order chi connectivity index (χ1) is 10.2. The summed E-state index contributed by atoms with van der Waals surface area (Å²) in [5.41, 5.74) is -0.0575. The molecule has 0 aliphatic carbocycles. The third-order valence-electron chi connectivity index (χ3n) is 3.72. The molecule has 0 spiro atoms. The minimum absolute atomic E-state index is 0.000821. The van der Waals surface area contributed by atoms with E-state index in [-0.39, 0.29) is 23.4 Å². The van der Waals surface area contributed by atoms with Gasteiger partial charge in [-0.2, -0.15) is 0 Å². The molecular formula is C17H25FN2O2. The van der Waals surface area contributed by atoms with E-state index in [0.29, 0.717) is 5.92 Å². The summed E-state index contributed by atoms with van der Waals surface area (Å²) in [6.45, 7) is 9.61. The van der Waals surface area contributed by atoms with Crippen LogP contribution in [0, 0.1) is 17.7 Å². The van der Waals surface area contributed by atoms with E-state index in [4.69, 9.17) is 0 Å². The van der Waals surface area contributed by atoms with Crippen molar-refractivity contribution in [3.8, 4) is 0 Å². The van der Waals surface area contributed by atoms with Gasteiger partial charge >= 0.3 is 0 Å². The topological polar surface area (TPSA) is 58.2 Å². The quantitative estimate of drug-likeness (QED) is 0.849. The second-order valence-electron chi connectivity index (χ2n) is 6.22. The van der Waals surface area contributed by atoms with E-state index in [1.54, 1.807) is 6.07 Å². The van der Waals surface area contributed by atoms with E-state index in [2.05, 4.69) is 10.6 Å². The fraction of sp³-hybridized carbons (Fsp3) is 0.529. The Labute approximate surface area is 131 Å². The van der Waals surface area contributed by atoms with Gasteiger partial charge in [-0.15, -0.1) is 0 Å². The van der Waals surface area contributed by atoms with Crippen molar-refractivity contribution in [2.24, 2.45) is 11.8 Å². The van der Waals surface area contributed by atoms with Crippen LogP contribution in [0.2, 0.25) is 0 Å². The van der Waals surface area contributed by atoms with Gasteiger partial charge in [0, 0.05) is 6.04 Å². The lowest BCUT2D eigenvalue weighted by atomic mass is 10.0. The number of carbonyl (C=O) groups is 2. The summed E-state index contributed by atoms with van der Waals surface area (Å²) in [5, 5.41) is 5.51. The Kier molecular flexibility index (Phi) is 6.53. The van der Waals surface area contributed by atoms with Crippen molar-refractivity contribution in [1.82, 2.24) is 10.6 Å². The van der Waals surface area contributed by atoms with Gasteiger partial charge in [-0.3, -0.25) is 9.59 Å². The first kappa shape index (κ1) is 18.1. The summed E-state index contributed by atoms with van der Waals surface area (Å²) in [6, 6.07) is 5.02. The fourth-order valence-electron chi connectivity index (χ4n) is 1.88. The predicted molar refractivity (Wildman–Crippen MR) is 84.9 cm³/mol. The number of hydrogen-bond donors (Lipinski definition) is 2. The molecule has 2 N–H and O–H groups in total. The molecule has 0 aromatic heterocycles. The first-order valence-electron chi connectivity index (χ1n) is 7.59. The molecule has 0 radical (unpaired) electrons. The Morgan fingerprint density at radius 2 is 1.55 bits per heavy atom. The van der Waals surface area contributed by atoms with Crippen molar-refractivity contribution < 1.29 is 14.0 Å². The molecule has 22 heavy (non-hydrogen) atoms. The van der Waals surface area contributed by atoms with E-state index in [9.17, 15) is 14.0 Å². The summed E-state index contributed by atoms with van der Waals surface area (Å²) in [4.78, 5) is 24.5. The van der Waals surface area contributed by atoms with Gasteiger partial charge in [0.2, 0.25) is 5.91 Å². The summed E-state index contributed by atoms with van der Waals surface area (Å²) in [5.74, 6) is -1.24. The van der Waals surface area contributed by atoms with Gasteiger partial charge in [0.15, 0.2) is 0 Å². The van der Waals surface area contributed by atoms with Gasteiger partial charge in [0.1, 0.15) is 11.9 Å². The van der Waals surface area contributed by atoms with Crippen LogP contribution in [0.25, 0.3) is 0 Å². The van der Waals surface area contributed by atoms with Crippen LogP contribution >= 0.6 is 0 Å². The zero-order valence-electron chi connectivity index (χ0n) is 13.8. The minimum atomic E-state index is -0.701. The largest absolute Gasteiger partial charge is 0.352 e. The molecule has 1 rings (SSSR count). The minimum Gasteiger partial charge on any atom is -0.352 e. The highest BCUT2D eigenvalue weighted by atomic mass is 19.1. The molecule has 0 bridgehead atoms. The fourth-order valence-corrected chi connectivity index (χ4v) is 1.88. The number of nitrogens with one attached hydrogen (secondary N) is 2. The van der Waals surface area contributed by atoms with Gasteiger partial charge in [-0.1, -0.05) is 39.8 Å². The maximum Gasteiger partial charge on any atom is 0.254 e. The average molecular weight is 308 g/mol. The Bertz CT molecular complexity index is 529. The van der Waals surface area contributed by atoms with Gasteiger partial charge in [0.05, 0.1) is 5.56 Å². The molecule has 0 saturated carbocycles. The van der Waals surface area contributed by atoms with E-state index in [1.165, 1.54) is 18.2 Å². The maximum absolute atomic E-state index is 13.6. The second kappa shape index (κ2) is 7.92. The third kappa shape index (κ3) is 4.83. The highest BCUT2D eigenvalue weighted by Crippen LogP contribution is 2.10. The first-order valence-corrected chi connectivity index (χ1v) is 7.59. The van der Waals surface area contributed by atoms with Crippen LogP contribution in [0.1, 0.15) is 45.0 Å². The van der Waals surface area contributed by atoms with Crippen molar-refractivity contribution in [1.29, 1.82) is 0 Å². The lowest BCUT2D eigenvalue weighted by molar-refractivity contribution is -0.124. The average Bonchev–Trinajstić information content (AvgIpc) is 2.44. The van der Waals surface area contributed by atoms with E-state index >= 15 is 0 Å². The molecule has 1 aromatic carbocycles. The monoisotopic (exact) mass is 308 g/mol. The SMILES string of the molecule is CC(C)[C@H](NC(=O)c1ccccc1F)C(=O)N[C@H](C)C(C)C. The summed E-state index contributed by atoms with van der Waals surface area (Å²) < 4.78 is 13.6. The summed E-state index contributed by atoms with van der Waals surface area (Å²) in [7, 11) is 0. The van der Waals surface area contributed by atoms with Crippen molar-refractivity contribution in [2.75, 3.05) is 0 Å². The molecule has 2 amide bonds. The summed E-state index contributed by atoms with van der Waals surface area (Å²) >= 11 is 0. The Morgan fingerprint density at radius 1 is 0.955 bits per heavy atom. The molecule has 4 nitrogen and oxygen atoms in total. The third-order valence-corrected chi connectivity index (χ3v) is 3.72. The zero-order valence-corrected chi connectivity index (χ0v) is 13.8. The number of halogens is 1. The summed E-state index contributed by atoms with van der Waals surface area (Å²) in [6.07, 6.45) is 0. The zero-order chi connectivity index (χ0) is 16.9. The van der Waals surface area contributed by atoms with Crippen molar-refractivity contribution >= 4 is 11.8 Å². The maximum atomic E-state index is 13.6. The highest BCUT2D eigenvalue weighted by Gasteiger charge is 2.26. The highest BCUT2D eigenvalue weighted by molar-refractivity contribution is 5.97. The van der Waals surface area contributed by atoms with Crippen molar-refractivity contribution in [2.45, 2.75) is 46.7 Å². The van der Waals surface area contributed by atoms with Gasteiger partial charge in [-0.25, -0.2) is 4.39 Å². The Morgan fingerprint density at radius 3 is 2.05 bits per heavy atom. The molecule has 0 unspecified atom stereocenters. The molecule has 0 aliphatic heterocycles. The van der Waals surface area contributed by atoms with E-state index in [0.717, 1.165) is 0 Å². The van der Waals surface area contributed by atoms with Crippen molar-refractivity contribution in [3.05, 3.63) is 35.6 Å². The molecular weight excluding hydrogens is 283 g/mol. The molecule has 0 heterocycles. The lowest BCUT2D eigenvalue weighted by Crippen LogP contribution is -2.52. The number of amides is 2. The molecule has 0 fully saturated rings. The second-order valence-corrected chi connectivity index (χ2v) is 6.22. The standard InChI is InChI=1S/C17H25FN2O2/c1-10(2)12(5)19-17(22)15(11(3)4)20-16(21)13-8-6-7-9-14(13)18/h6-12,15H,1-5H3,(H,19,22)(H,20,21)/t12-,15+/m1/s1. The van der Waals surface area contributed by atoms with Crippen LogP contribution in [0.15, 0.2) is 24.3 Å². The predicted octanol–water partition coefficient (Wildman–Crippen LogP) is 2.74. The van der Waals surface area contributed by atoms with Gasteiger partial charge in [0.25, 0.3) is 5.91 Å². The number of rotatable bonds is 6. The van der Waals surface area contributed by atoms with Crippen LogP contribution < -0.4 is 10.6 Å².